The number of hydrogen-bond acceptors (Lipinski definition) is 4. The summed E-state index contributed by atoms with van der Waals surface area (Å²) in [5.41, 5.74) is 3.10. The molecule has 1 aliphatic rings. The number of rotatable bonds is 6. The van der Waals surface area contributed by atoms with E-state index in [4.69, 9.17) is 11.6 Å². The highest BCUT2D eigenvalue weighted by molar-refractivity contribution is 8.00. The first kappa shape index (κ1) is 22.9. The van der Waals surface area contributed by atoms with E-state index in [0.717, 1.165) is 54.3 Å². The lowest BCUT2D eigenvalue weighted by atomic mass is 10.1. The molecule has 1 saturated heterocycles. The standard InChI is InChI=1S/C25H29ClN4OS/c1-19-22(24(26)28(2)27-19)18-29-14-9-15-30(17-16-29)25(31)23(20-10-5-3-6-11-20)32-21-12-7-4-8-13-21/h3-8,10-13,23H,9,14-18H2,1-2H3. The van der Waals surface area contributed by atoms with Crippen LogP contribution in [0.15, 0.2) is 65.6 Å². The Bertz CT molecular complexity index is 1040. The highest BCUT2D eigenvalue weighted by atomic mass is 35.5. The van der Waals surface area contributed by atoms with E-state index in [2.05, 4.69) is 34.3 Å². The fraction of sp³-hybridized carbons (Fsp3) is 0.360. The van der Waals surface area contributed by atoms with E-state index < -0.39 is 0 Å². The Morgan fingerprint density at radius 1 is 1.03 bits per heavy atom. The SMILES string of the molecule is Cc1nn(C)c(Cl)c1CN1CCCN(C(=O)C(Sc2ccccc2)c2ccccc2)CC1. The number of benzene rings is 2. The second-order valence-corrected chi connectivity index (χ2v) is 9.69. The molecule has 0 radical (unpaired) electrons. The van der Waals surface area contributed by atoms with Gasteiger partial charge < -0.3 is 4.90 Å². The van der Waals surface area contributed by atoms with Crippen LogP contribution >= 0.6 is 23.4 Å². The Hall–Kier alpha value is -2.28. The van der Waals surface area contributed by atoms with Gasteiger partial charge in [0, 0.05) is 50.2 Å². The zero-order valence-corrected chi connectivity index (χ0v) is 20.1. The van der Waals surface area contributed by atoms with Crippen molar-refractivity contribution in [2.24, 2.45) is 7.05 Å². The summed E-state index contributed by atoms with van der Waals surface area (Å²) in [6, 6.07) is 20.3. The third-order valence-electron chi connectivity index (χ3n) is 5.88. The molecule has 4 rings (SSSR count). The van der Waals surface area contributed by atoms with E-state index in [1.54, 1.807) is 16.4 Å². The number of nitrogens with zero attached hydrogens (tertiary/aromatic N) is 4. The monoisotopic (exact) mass is 468 g/mol. The van der Waals surface area contributed by atoms with Crippen molar-refractivity contribution in [1.29, 1.82) is 0 Å². The molecular formula is C25H29ClN4OS. The molecule has 0 N–H and O–H groups in total. The lowest BCUT2D eigenvalue weighted by Gasteiger charge is -2.26. The molecule has 1 fully saturated rings. The summed E-state index contributed by atoms with van der Waals surface area (Å²) in [5.74, 6) is 0.183. The first-order chi connectivity index (χ1) is 15.5. The molecule has 0 spiro atoms. The number of halogens is 1. The third kappa shape index (κ3) is 5.37. The van der Waals surface area contributed by atoms with Gasteiger partial charge in [0.25, 0.3) is 0 Å². The second kappa shape index (κ2) is 10.6. The molecule has 1 atom stereocenters. The van der Waals surface area contributed by atoms with Crippen LogP contribution in [0.2, 0.25) is 5.15 Å². The highest BCUT2D eigenvalue weighted by Crippen LogP contribution is 2.37. The molecule has 7 heteroatoms. The molecule has 1 aliphatic heterocycles. The highest BCUT2D eigenvalue weighted by Gasteiger charge is 2.29. The van der Waals surface area contributed by atoms with Gasteiger partial charge in [0.05, 0.1) is 5.69 Å². The quantitative estimate of drug-likeness (QED) is 0.480. The predicted octanol–water partition coefficient (Wildman–Crippen LogP) is 4.95. The van der Waals surface area contributed by atoms with E-state index in [1.165, 1.54) is 0 Å². The summed E-state index contributed by atoms with van der Waals surface area (Å²) in [4.78, 5) is 19.2. The van der Waals surface area contributed by atoms with E-state index in [9.17, 15) is 4.79 Å². The number of thioether (sulfide) groups is 1. The van der Waals surface area contributed by atoms with Crippen LogP contribution in [0.1, 0.15) is 28.5 Å². The Morgan fingerprint density at radius 2 is 1.72 bits per heavy atom. The second-order valence-electron chi connectivity index (χ2n) is 8.15. The number of amides is 1. The van der Waals surface area contributed by atoms with Crippen molar-refractivity contribution >= 4 is 29.3 Å². The maximum atomic E-state index is 13.7. The Labute approximate surface area is 199 Å². The van der Waals surface area contributed by atoms with Crippen molar-refractivity contribution < 1.29 is 4.79 Å². The van der Waals surface area contributed by atoms with Crippen molar-refractivity contribution in [3.05, 3.63) is 82.6 Å². The molecule has 1 aromatic heterocycles. The average molecular weight is 469 g/mol. The summed E-state index contributed by atoms with van der Waals surface area (Å²) in [6.45, 7) is 6.02. The van der Waals surface area contributed by atoms with E-state index in [0.29, 0.717) is 11.7 Å². The fourth-order valence-corrected chi connectivity index (χ4v) is 5.48. The summed E-state index contributed by atoms with van der Waals surface area (Å²) in [5, 5.41) is 4.88. The van der Waals surface area contributed by atoms with Crippen LogP contribution < -0.4 is 0 Å². The fourth-order valence-electron chi connectivity index (χ4n) is 4.12. The molecular weight excluding hydrogens is 440 g/mol. The molecule has 168 valence electrons. The van der Waals surface area contributed by atoms with Gasteiger partial charge in [-0.05, 0) is 31.0 Å². The van der Waals surface area contributed by atoms with Crippen molar-refractivity contribution in [3.8, 4) is 0 Å². The van der Waals surface area contributed by atoms with Crippen LogP contribution in [-0.4, -0.2) is 51.7 Å². The molecule has 5 nitrogen and oxygen atoms in total. The number of hydrogen-bond donors (Lipinski definition) is 0. The van der Waals surface area contributed by atoms with Crippen LogP contribution in [0.4, 0.5) is 0 Å². The summed E-state index contributed by atoms with van der Waals surface area (Å²) < 4.78 is 1.73. The molecule has 2 heterocycles. The zero-order valence-electron chi connectivity index (χ0n) is 18.6. The number of carbonyl (C=O) groups is 1. The van der Waals surface area contributed by atoms with Gasteiger partial charge in [0.15, 0.2) is 0 Å². The maximum Gasteiger partial charge on any atom is 0.240 e. The molecule has 0 saturated carbocycles. The van der Waals surface area contributed by atoms with Gasteiger partial charge in [-0.2, -0.15) is 5.10 Å². The van der Waals surface area contributed by atoms with Gasteiger partial charge in [-0.3, -0.25) is 14.4 Å². The smallest absolute Gasteiger partial charge is 0.240 e. The van der Waals surface area contributed by atoms with Crippen molar-refractivity contribution in [2.75, 3.05) is 26.2 Å². The lowest BCUT2D eigenvalue weighted by molar-refractivity contribution is -0.130. The first-order valence-electron chi connectivity index (χ1n) is 11.0. The summed E-state index contributed by atoms with van der Waals surface area (Å²) in [7, 11) is 1.87. The molecule has 0 aliphatic carbocycles. The van der Waals surface area contributed by atoms with Crippen molar-refractivity contribution in [3.63, 3.8) is 0 Å². The topological polar surface area (TPSA) is 41.4 Å². The first-order valence-corrected chi connectivity index (χ1v) is 12.2. The van der Waals surface area contributed by atoms with Crippen LogP contribution in [-0.2, 0) is 18.4 Å². The minimum atomic E-state index is -0.250. The lowest BCUT2D eigenvalue weighted by Crippen LogP contribution is -2.37. The molecule has 1 unspecified atom stereocenters. The number of aryl methyl sites for hydroxylation is 2. The van der Waals surface area contributed by atoms with E-state index >= 15 is 0 Å². The Balaban J connectivity index is 1.47. The normalized spacial score (nSPS) is 16.0. The zero-order chi connectivity index (χ0) is 22.5. The average Bonchev–Trinajstić information content (AvgIpc) is 2.98. The Morgan fingerprint density at radius 3 is 2.38 bits per heavy atom. The van der Waals surface area contributed by atoms with Crippen LogP contribution in [0.25, 0.3) is 0 Å². The van der Waals surface area contributed by atoms with E-state index in [1.807, 2.05) is 55.3 Å². The Kier molecular flexibility index (Phi) is 7.55. The minimum Gasteiger partial charge on any atom is -0.340 e. The predicted molar refractivity (Wildman–Crippen MR) is 131 cm³/mol. The van der Waals surface area contributed by atoms with Crippen LogP contribution in [0.3, 0.4) is 0 Å². The molecule has 1 amide bonds. The largest absolute Gasteiger partial charge is 0.340 e. The van der Waals surface area contributed by atoms with Gasteiger partial charge in [-0.1, -0.05) is 60.1 Å². The molecule has 32 heavy (non-hydrogen) atoms. The summed E-state index contributed by atoms with van der Waals surface area (Å²) >= 11 is 8.07. The van der Waals surface area contributed by atoms with Gasteiger partial charge >= 0.3 is 0 Å². The van der Waals surface area contributed by atoms with Crippen molar-refractivity contribution in [2.45, 2.75) is 30.0 Å². The van der Waals surface area contributed by atoms with Crippen molar-refractivity contribution in [1.82, 2.24) is 19.6 Å². The van der Waals surface area contributed by atoms with E-state index in [-0.39, 0.29) is 11.2 Å². The van der Waals surface area contributed by atoms with Crippen LogP contribution in [0.5, 0.6) is 0 Å². The van der Waals surface area contributed by atoms with Gasteiger partial charge in [0.2, 0.25) is 5.91 Å². The number of carbonyl (C=O) groups excluding carboxylic acids is 1. The molecule has 2 aromatic carbocycles. The van der Waals surface area contributed by atoms with Gasteiger partial charge in [0.1, 0.15) is 10.4 Å². The van der Waals surface area contributed by atoms with Crippen LogP contribution in [0, 0.1) is 6.92 Å². The minimum absolute atomic E-state index is 0.183. The molecule has 0 bridgehead atoms. The number of aromatic nitrogens is 2. The maximum absolute atomic E-state index is 13.7. The van der Waals surface area contributed by atoms with Gasteiger partial charge in [-0.15, -0.1) is 11.8 Å². The summed E-state index contributed by atoms with van der Waals surface area (Å²) in [6.07, 6.45) is 0.945. The third-order valence-corrected chi connectivity index (χ3v) is 7.60. The van der Waals surface area contributed by atoms with Gasteiger partial charge in [-0.25, -0.2) is 0 Å². The molecule has 3 aromatic rings.